The van der Waals surface area contributed by atoms with Gasteiger partial charge in [-0.2, -0.15) is 0 Å². The molecule has 2 aliphatic rings. The van der Waals surface area contributed by atoms with Crippen LogP contribution in [0.3, 0.4) is 0 Å². The van der Waals surface area contributed by atoms with Crippen LogP contribution in [0.2, 0.25) is 0 Å². The van der Waals surface area contributed by atoms with Crippen LogP contribution < -0.4 is 5.32 Å². The molecule has 1 saturated carbocycles. The quantitative estimate of drug-likeness (QED) is 0.649. The van der Waals surface area contributed by atoms with Crippen molar-refractivity contribution in [2.75, 3.05) is 13.1 Å². The van der Waals surface area contributed by atoms with Gasteiger partial charge >= 0.3 is 0 Å². The Labute approximate surface area is 186 Å². The molecule has 5 nitrogen and oxygen atoms in total. The lowest BCUT2D eigenvalue weighted by Gasteiger charge is -2.33. The highest BCUT2D eigenvalue weighted by molar-refractivity contribution is 5.97. The van der Waals surface area contributed by atoms with Crippen molar-refractivity contribution in [3.63, 3.8) is 0 Å². The topological polar surface area (TPSA) is 66.5 Å². The van der Waals surface area contributed by atoms with Crippen molar-refractivity contribution in [2.45, 2.75) is 77.2 Å². The van der Waals surface area contributed by atoms with Gasteiger partial charge in [-0.1, -0.05) is 44.9 Å². The molecule has 1 N–H and O–H groups in total. The first-order chi connectivity index (χ1) is 14.9. The second kappa shape index (κ2) is 10.7. The summed E-state index contributed by atoms with van der Waals surface area (Å²) < 4.78 is 0. The summed E-state index contributed by atoms with van der Waals surface area (Å²) in [6.07, 6.45) is 8.06. The third kappa shape index (κ3) is 5.84. The zero-order valence-corrected chi connectivity index (χ0v) is 19.0. The Bertz CT molecular complexity index is 826. The van der Waals surface area contributed by atoms with Gasteiger partial charge in [0, 0.05) is 30.1 Å². The largest absolute Gasteiger partial charge is 0.342 e. The van der Waals surface area contributed by atoms with Crippen molar-refractivity contribution in [1.29, 1.82) is 0 Å². The molecule has 1 aromatic rings. The highest BCUT2D eigenvalue weighted by Crippen LogP contribution is 2.29. The zero-order chi connectivity index (χ0) is 22.4. The highest BCUT2D eigenvalue weighted by Gasteiger charge is 2.29. The van der Waals surface area contributed by atoms with Crippen molar-refractivity contribution < 1.29 is 14.4 Å². The Morgan fingerprint density at radius 2 is 1.87 bits per heavy atom. The number of nitrogens with zero attached hydrogens (tertiary/aromatic N) is 1. The molecule has 0 aromatic heterocycles. The molecule has 1 aromatic carbocycles. The molecule has 168 valence electrons. The molecule has 3 rings (SSSR count). The smallest absolute Gasteiger partial charge is 0.251 e. The second-order valence-electron chi connectivity index (χ2n) is 9.13. The Kier molecular flexibility index (Phi) is 8.05. The van der Waals surface area contributed by atoms with Crippen molar-refractivity contribution in [3.05, 3.63) is 47.5 Å². The molecule has 2 unspecified atom stereocenters. The fourth-order valence-electron chi connectivity index (χ4n) is 4.99. The van der Waals surface area contributed by atoms with E-state index in [9.17, 15) is 14.4 Å². The van der Waals surface area contributed by atoms with Crippen molar-refractivity contribution in [3.8, 4) is 0 Å². The maximum absolute atomic E-state index is 13.0. The molecule has 1 heterocycles. The standard InChI is InChI=1S/C26H36N2O3/c1-4-18(2)26(31)28-15-9-14-23(17-28)21-12-8-13-22(16-21)25(30)27-24(19(3)29)20-10-6-5-7-11-20/h8,12-13,16,20,23-24H,2,4-7,9-11,14-15,17H2,1,3H3,(H,27,30). The van der Waals surface area contributed by atoms with Crippen LogP contribution in [0.25, 0.3) is 0 Å². The van der Waals surface area contributed by atoms with Crippen LogP contribution in [0, 0.1) is 5.92 Å². The number of carbonyl (C=O) groups is 3. The fraction of sp³-hybridized carbons (Fsp3) is 0.577. The Hall–Kier alpha value is -2.43. The third-order valence-electron chi connectivity index (χ3n) is 6.90. The molecule has 2 fully saturated rings. The lowest BCUT2D eigenvalue weighted by atomic mass is 9.82. The van der Waals surface area contributed by atoms with Crippen molar-refractivity contribution in [1.82, 2.24) is 10.2 Å². The van der Waals surface area contributed by atoms with Crippen molar-refractivity contribution >= 4 is 17.6 Å². The van der Waals surface area contributed by atoms with Crippen LogP contribution in [0.5, 0.6) is 0 Å². The van der Waals surface area contributed by atoms with Crippen LogP contribution in [-0.4, -0.2) is 41.6 Å². The zero-order valence-electron chi connectivity index (χ0n) is 19.0. The summed E-state index contributed by atoms with van der Waals surface area (Å²) in [7, 11) is 0. The number of ketones is 1. The molecular weight excluding hydrogens is 388 g/mol. The molecule has 2 amide bonds. The van der Waals surface area contributed by atoms with E-state index in [1.807, 2.05) is 36.1 Å². The first-order valence-corrected chi connectivity index (χ1v) is 11.8. The molecule has 5 heteroatoms. The van der Waals surface area contributed by atoms with Crippen LogP contribution in [0.1, 0.15) is 87.1 Å². The lowest BCUT2D eigenvalue weighted by molar-refractivity contribution is -0.128. The molecule has 31 heavy (non-hydrogen) atoms. The number of carbonyl (C=O) groups excluding carboxylic acids is 3. The summed E-state index contributed by atoms with van der Waals surface area (Å²) in [5, 5.41) is 3.02. The Morgan fingerprint density at radius 1 is 1.13 bits per heavy atom. The molecule has 1 saturated heterocycles. The van der Waals surface area contributed by atoms with Crippen LogP contribution in [0.15, 0.2) is 36.4 Å². The highest BCUT2D eigenvalue weighted by atomic mass is 16.2. The third-order valence-corrected chi connectivity index (χ3v) is 6.90. The summed E-state index contributed by atoms with van der Waals surface area (Å²) >= 11 is 0. The number of nitrogens with one attached hydrogen (secondary N) is 1. The van der Waals surface area contributed by atoms with Gasteiger partial charge in [0.2, 0.25) is 5.91 Å². The number of hydrogen-bond acceptors (Lipinski definition) is 3. The van der Waals surface area contributed by atoms with E-state index in [2.05, 4.69) is 11.9 Å². The van der Waals surface area contributed by atoms with Crippen LogP contribution >= 0.6 is 0 Å². The minimum atomic E-state index is -0.403. The molecule has 2 atom stereocenters. The lowest BCUT2D eigenvalue weighted by Crippen LogP contribution is -2.45. The predicted octanol–water partition coefficient (Wildman–Crippen LogP) is 4.63. The maximum atomic E-state index is 13.0. The van der Waals surface area contributed by atoms with E-state index in [4.69, 9.17) is 0 Å². The molecule has 0 bridgehead atoms. The number of Topliss-reactive ketones (excluding diaryl/α,β-unsaturated/α-hetero) is 1. The second-order valence-corrected chi connectivity index (χ2v) is 9.13. The Balaban J connectivity index is 1.70. The summed E-state index contributed by atoms with van der Waals surface area (Å²) in [5.41, 5.74) is 2.30. The van der Waals surface area contributed by atoms with Gasteiger partial charge in [-0.3, -0.25) is 14.4 Å². The van der Waals surface area contributed by atoms with Gasteiger partial charge in [0.15, 0.2) is 5.78 Å². The van der Waals surface area contributed by atoms with E-state index in [1.54, 1.807) is 6.92 Å². The van der Waals surface area contributed by atoms with Gasteiger partial charge in [-0.15, -0.1) is 0 Å². The first-order valence-electron chi connectivity index (χ1n) is 11.8. The number of likely N-dealkylation sites (tertiary alicyclic amines) is 1. The molecule has 0 spiro atoms. The van der Waals surface area contributed by atoms with Crippen molar-refractivity contribution in [2.24, 2.45) is 5.92 Å². The van der Waals surface area contributed by atoms with E-state index >= 15 is 0 Å². The van der Waals surface area contributed by atoms with Gasteiger partial charge in [0.1, 0.15) is 0 Å². The van der Waals surface area contributed by atoms with Gasteiger partial charge in [0.25, 0.3) is 5.91 Å². The first kappa shape index (κ1) is 23.2. The number of amides is 2. The summed E-state index contributed by atoms with van der Waals surface area (Å²) in [5.74, 6) is 0.336. The van der Waals surface area contributed by atoms with Gasteiger partial charge < -0.3 is 10.2 Å². The average Bonchev–Trinajstić information content (AvgIpc) is 2.81. The Morgan fingerprint density at radius 3 is 2.55 bits per heavy atom. The number of piperidine rings is 1. The fourth-order valence-corrected chi connectivity index (χ4v) is 4.99. The van der Waals surface area contributed by atoms with E-state index in [1.165, 1.54) is 6.42 Å². The van der Waals surface area contributed by atoms with E-state index in [0.29, 0.717) is 24.1 Å². The van der Waals surface area contributed by atoms with Gasteiger partial charge in [-0.25, -0.2) is 0 Å². The minimum absolute atomic E-state index is 0.0361. The van der Waals surface area contributed by atoms with Crippen LogP contribution in [0.4, 0.5) is 0 Å². The van der Waals surface area contributed by atoms with Crippen LogP contribution in [-0.2, 0) is 9.59 Å². The number of rotatable bonds is 7. The molecular formula is C26H36N2O3. The minimum Gasteiger partial charge on any atom is -0.342 e. The maximum Gasteiger partial charge on any atom is 0.251 e. The summed E-state index contributed by atoms with van der Waals surface area (Å²) in [4.78, 5) is 39.7. The van der Waals surface area contributed by atoms with E-state index in [0.717, 1.165) is 50.6 Å². The summed E-state index contributed by atoms with van der Waals surface area (Å²) in [6, 6.07) is 7.27. The molecule has 1 aliphatic carbocycles. The van der Waals surface area contributed by atoms with E-state index < -0.39 is 6.04 Å². The predicted molar refractivity (Wildman–Crippen MR) is 123 cm³/mol. The SMILES string of the molecule is C=C(CC)C(=O)N1CCCC(c2cccc(C(=O)NC(C(C)=O)C3CCCCC3)c2)C1. The normalized spacial score (nSPS) is 20.7. The van der Waals surface area contributed by atoms with Gasteiger partial charge in [-0.05, 0) is 62.6 Å². The summed E-state index contributed by atoms with van der Waals surface area (Å²) in [6.45, 7) is 8.83. The number of hydrogen-bond donors (Lipinski definition) is 1. The molecule has 0 radical (unpaired) electrons. The van der Waals surface area contributed by atoms with E-state index in [-0.39, 0.29) is 29.4 Å². The monoisotopic (exact) mass is 424 g/mol. The average molecular weight is 425 g/mol. The number of benzene rings is 1. The van der Waals surface area contributed by atoms with Gasteiger partial charge in [0.05, 0.1) is 6.04 Å². The molecule has 1 aliphatic heterocycles.